The fourth-order valence-electron chi connectivity index (χ4n) is 2.67. The monoisotopic (exact) mass is 368 g/mol. The molecule has 1 amide bonds. The number of halogens is 2. The molecule has 5 nitrogen and oxygen atoms in total. The first-order valence-corrected chi connectivity index (χ1v) is 8.44. The lowest BCUT2D eigenvalue weighted by molar-refractivity contribution is 0.0935. The van der Waals surface area contributed by atoms with Crippen LogP contribution in [0.3, 0.4) is 0 Å². The first-order valence-electron chi connectivity index (χ1n) is 8.44. The van der Waals surface area contributed by atoms with Crippen LogP contribution in [0.15, 0.2) is 30.5 Å². The average Bonchev–Trinajstić information content (AvgIpc) is 3.03. The fraction of sp³-hybridized carbons (Fsp3) is 0.444. The van der Waals surface area contributed by atoms with Crippen molar-refractivity contribution in [2.45, 2.75) is 45.6 Å². The summed E-state index contributed by atoms with van der Waals surface area (Å²) in [5, 5.41) is 7.29. The van der Waals surface area contributed by atoms with Crippen molar-refractivity contribution in [2.24, 2.45) is 5.73 Å². The van der Waals surface area contributed by atoms with Gasteiger partial charge in [-0.3, -0.25) is 4.79 Å². The van der Waals surface area contributed by atoms with Gasteiger partial charge in [-0.15, -0.1) is 12.4 Å². The number of aromatic nitrogens is 2. The van der Waals surface area contributed by atoms with E-state index >= 15 is 0 Å². The molecule has 3 N–H and O–H groups in total. The second kappa shape index (κ2) is 10.2. The van der Waals surface area contributed by atoms with E-state index in [9.17, 15) is 9.18 Å². The van der Waals surface area contributed by atoms with Crippen LogP contribution in [0.25, 0.3) is 5.69 Å². The SMILES string of the molecule is CCCCC(CN)NC(=O)c1cnn(-c2ccc(F)cc2)c1CC.Cl. The number of hydrogen-bond acceptors (Lipinski definition) is 3. The maximum atomic E-state index is 13.1. The Kier molecular flexibility index (Phi) is 8.58. The summed E-state index contributed by atoms with van der Waals surface area (Å²) in [6, 6.07) is 6.02. The molecule has 7 heteroatoms. The molecule has 2 rings (SSSR count). The molecule has 0 aliphatic heterocycles. The van der Waals surface area contributed by atoms with Gasteiger partial charge < -0.3 is 11.1 Å². The van der Waals surface area contributed by atoms with E-state index in [1.165, 1.54) is 12.1 Å². The van der Waals surface area contributed by atoms with Crippen molar-refractivity contribution >= 4 is 18.3 Å². The van der Waals surface area contributed by atoms with Gasteiger partial charge in [0.2, 0.25) is 0 Å². The molecule has 0 aliphatic carbocycles. The van der Waals surface area contributed by atoms with Gasteiger partial charge in [-0.25, -0.2) is 9.07 Å². The summed E-state index contributed by atoms with van der Waals surface area (Å²) < 4.78 is 14.8. The van der Waals surface area contributed by atoms with Gasteiger partial charge in [-0.2, -0.15) is 5.10 Å². The summed E-state index contributed by atoms with van der Waals surface area (Å²) in [5.74, 6) is -0.463. The standard InChI is InChI=1S/C18H25FN4O.ClH/c1-3-5-6-14(11-20)22-18(24)16-12-21-23(17(16)4-2)15-9-7-13(19)8-10-15;/h7-10,12,14H,3-6,11,20H2,1-2H3,(H,22,24);1H. The summed E-state index contributed by atoms with van der Waals surface area (Å²) in [6.07, 6.45) is 5.16. The number of carbonyl (C=O) groups excluding carboxylic acids is 1. The molecule has 2 aromatic rings. The van der Waals surface area contributed by atoms with E-state index < -0.39 is 0 Å². The number of amides is 1. The Morgan fingerprint density at radius 1 is 1.32 bits per heavy atom. The Balaban J connectivity index is 0.00000312. The van der Waals surface area contributed by atoms with E-state index in [1.54, 1.807) is 23.0 Å². The zero-order valence-corrected chi connectivity index (χ0v) is 15.5. The highest BCUT2D eigenvalue weighted by atomic mass is 35.5. The van der Waals surface area contributed by atoms with Crippen molar-refractivity contribution in [2.75, 3.05) is 6.54 Å². The second-order valence-electron chi connectivity index (χ2n) is 5.80. The molecule has 1 aromatic heterocycles. The van der Waals surface area contributed by atoms with E-state index in [4.69, 9.17) is 5.73 Å². The molecule has 0 fully saturated rings. The molecule has 0 spiro atoms. The normalized spacial score (nSPS) is 11.7. The van der Waals surface area contributed by atoms with Crippen LogP contribution in [0.1, 0.15) is 49.2 Å². The number of nitrogens with zero attached hydrogens (tertiary/aromatic N) is 2. The molecule has 1 heterocycles. The number of nitrogens with one attached hydrogen (secondary N) is 1. The first-order chi connectivity index (χ1) is 11.6. The molecule has 138 valence electrons. The van der Waals surface area contributed by atoms with Crippen molar-refractivity contribution in [1.82, 2.24) is 15.1 Å². The molecule has 0 aliphatic rings. The van der Waals surface area contributed by atoms with Gasteiger partial charge in [-0.1, -0.05) is 26.7 Å². The molecule has 0 radical (unpaired) electrons. The van der Waals surface area contributed by atoms with Gasteiger partial charge in [0.15, 0.2) is 0 Å². The Hall–Kier alpha value is -1.92. The summed E-state index contributed by atoms with van der Waals surface area (Å²) in [7, 11) is 0. The average molecular weight is 369 g/mol. The number of rotatable bonds is 8. The highest BCUT2D eigenvalue weighted by Crippen LogP contribution is 2.16. The highest BCUT2D eigenvalue weighted by Gasteiger charge is 2.19. The second-order valence-corrected chi connectivity index (χ2v) is 5.80. The van der Waals surface area contributed by atoms with Crippen molar-refractivity contribution < 1.29 is 9.18 Å². The predicted octanol–water partition coefficient (Wildman–Crippen LogP) is 3.24. The molecular weight excluding hydrogens is 343 g/mol. The predicted molar refractivity (Wildman–Crippen MR) is 100.0 cm³/mol. The van der Waals surface area contributed by atoms with Crippen LogP contribution in [0, 0.1) is 5.82 Å². The van der Waals surface area contributed by atoms with Crippen LogP contribution >= 0.6 is 12.4 Å². The lowest BCUT2D eigenvalue weighted by Gasteiger charge is -2.16. The van der Waals surface area contributed by atoms with E-state index in [-0.39, 0.29) is 30.2 Å². The molecule has 1 unspecified atom stereocenters. The van der Waals surface area contributed by atoms with Crippen molar-refractivity contribution in [3.05, 3.63) is 47.5 Å². The summed E-state index contributed by atoms with van der Waals surface area (Å²) in [6.45, 7) is 4.49. The van der Waals surface area contributed by atoms with Crippen LogP contribution < -0.4 is 11.1 Å². The summed E-state index contributed by atoms with van der Waals surface area (Å²) in [5.41, 5.74) is 7.82. The maximum Gasteiger partial charge on any atom is 0.255 e. The topological polar surface area (TPSA) is 72.9 Å². The first kappa shape index (κ1) is 21.1. The van der Waals surface area contributed by atoms with Crippen LogP contribution in [-0.2, 0) is 6.42 Å². The number of benzene rings is 1. The number of hydrogen-bond donors (Lipinski definition) is 2. The fourth-order valence-corrected chi connectivity index (χ4v) is 2.67. The van der Waals surface area contributed by atoms with E-state index in [0.717, 1.165) is 30.6 Å². The zero-order valence-electron chi connectivity index (χ0n) is 14.7. The Morgan fingerprint density at radius 2 is 2.00 bits per heavy atom. The third kappa shape index (κ3) is 5.28. The van der Waals surface area contributed by atoms with Gasteiger partial charge in [0.25, 0.3) is 5.91 Å². The number of nitrogens with two attached hydrogens (primary N) is 1. The molecule has 1 atom stereocenters. The smallest absolute Gasteiger partial charge is 0.255 e. The lowest BCUT2D eigenvalue weighted by atomic mass is 10.1. The highest BCUT2D eigenvalue weighted by molar-refractivity contribution is 5.95. The van der Waals surface area contributed by atoms with E-state index in [2.05, 4.69) is 17.3 Å². The van der Waals surface area contributed by atoms with Crippen LogP contribution in [0.5, 0.6) is 0 Å². The van der Waals surface area contributed by atoms with Gasteiger partial charge in [0, 0.05) is 12.6 Å². The Morgan fingerprint density at radius 3 is 2.56 bits per heavy atom. The lowest BCUT2D eigenvalue weighted by Crippen LogP contribution is -2.40. The largest absolute Gasteiger partial charge is 0.348 e. The van der Waals surface area contributed by atoms with Gasteiger partial charge in [0.05, 0.1) is 23.1 Å². The minimum atomic E-state index is -0.302. The van der Waals surface area contributed by atoms with Crippen molar-refractivity contribution in [1.29, 1.82) is 0 Å². The Bertz CT molecular complexity index is 672. The van der Waals surface area contributed by atoms with Gasteiger partial charge >= 0.3 is 0 Å². The van der Waals surface area contributed by atoms with Crippen molar-refractivity contribution in [3.63, 3.8) is 0 Å². The quantitative estimate of drug-likeness (QED) is 0.751. The van der Waals surface area contributed by atoms with Crippen LogP contribution in [0.4, 0.5) is 4.39 Å². The molecule has 0 bridgehead atoms. The van der Waals surface area contributed by atoms with E-state index in [0.29, 0.717) is 18.5 Å². The molecule has 25 heavy (non-hydrogen) atoms. The third-order valence-electron chi connectivity index (χ3n) is 4.05. The summed E-state index contributed by atoms with van der Waals surface area (Å²) >= 11 is 0. The number of unbranched alkanes of at least 4 members (excludes halogenated alkanes) is 1. The maximum absolute atomic E-state index is 13.1. The zero-order chi connectivity index (χ0) is 17.5. The van der Waals surface area contributed by atoms with Crippen molar-refractivity contribution in [3.8, 4) is 5.69 Å². The minimum absolute atomic E-state index is 0. The summed E-state index contributed by atoms with van der Waals surface area (Å²) in [4.78, 5) is 12.6. The molecule has 0 saturated carbocycles. The van der Waals surface area contributed by atoms with Gasteiger partial charge in [-0.05, 0) is 37.1 Å². The van der Waals surface area contributed by atoms with Gasteiger partial charge in [0.1, 0.15) is 5.82 Å². The molecule has 1 aromatic carbocycles. The van der Waals surface area contributed by atoms with Crippen LogP contribution in [-0.4, -0.2) is 28.3 Å². The molecular formula is C18H26ClFN4O. The Labute approximate surface area is 154 Å². The number of carbonyl (C=O) groups is 1. The van der Waals surface area contributed by atoms with Crippen LogP contribution in [0.2, 0.25) is 0 Å². The third-order valence-corrected chi connectivity index (χ3v) is 4.05. The minimum Gasteiger partial charge on any atom is -0.348 e. The van der Waals surface area contributed by atoms with E-state index in [1.807, 2.05) is 6.92 Å². The molecule has 0 saturated heterocycles.